The number of hydrogen-bond donors (Lipinski definition) is 2. The summed E-state index contributed by atoms with van der Waals surface area (Å²) >= 11 is 1.49. The molecule has 8 heteroatoms. The summed E-state index contributed by atoms with van der Waals surface area (Å²) in [4.78, 5) is 11.0. The zero-order chi connectivity index (χ0) is 17.9. The molecule has 0 aliphatic carbocycles. The van der Waals surface area contributed by atoms with E-state index in [4.69, 9.17) is 0 Å². The van der Waals surface area contributed by atoms with E-state index >= 15 is 0 Å². The van der Waals surface area contributed by atoms with Gasteiger partial charge in [0.05, 0.1) is 4.90 Å². The van der Waals surface area contributed by atoms with E-state index in [1.807, 2.05) is 40.7 Å². The zero-order valence-electron chi connectivity index (χ0n) is 14.7. The number of nitrogens with one attached hydrogen (secondary N) is 2. The van der Waals surface area contributed by atoms with Crippen LogP contribution in [0.3, 0.4) is 0 Å². The van der Waals surface area contributed by atoms with E-state index in [1.54, 1.807) is 6.07 Å². The minimum absolute atomic E-state index is 0.244. The molecular weight excluding hydrogens is 344 g/mol. The van der Waals surface area contributed by atoms with E-state index in [1.165, 1.54) is 11.3 Å². The molecule has 0 amide bonds. The average Bonchev–Trinajstić information content (AvgIpc) is 2.83. The van der Waals surface area contributed by atoms with Crippen LogP contribution in [0.15, 0.2) is 17.0 Å². The second-order valence-corrected chi connectivity index (χ2v) is 9.21. The van der Waals surface area contributed by atoms with Crippen LogP contribution in [0.1, 0.15) is 41.0 Å². The van der Waals surface area contributed by atoms with Crippen LogP contribution in [0.25, 0.3) is 0 Å². The van der Waals surface area contributed by atoms with Crippen molar-refractivity contribution < 1.29 is 8.42 Å². The van der Waals surface area contributed by atoms with Gasteiger partial charge in [-0.15, -0.1) is 11.3 Å². The van der Waals surface area contributed by atoms with Gasteiger partial charge in [-0.05, 0) is 26.8 Å². The predicted molar refractivity (Wildman–Crippen MR) is 98.3 cm³/mol. The van der Waals surface area contributed by atoms with Crippen LogP contribution in [0.5, 0.6) is 0 Å². The molecule has 0 saturated heterocycles. The topological polar surface area (TPSA) is 84.0 Å². The standard InChI is InChI=1S/C16H24N4O2S2/c1-10(2)16-19-11(3)8-15(20-16)17-6-7-18-24(21,22)14-9-12(4)23-13(14)5/h8-10,18H,6-7H2,1-5H3,(H,17,19,20). The molecule has 2 N–H and O–H groups in total. The molecule has 6 nitrogen and oxygen atoms in total. The summed E-state index contributed by atoms with van der Waals surface area (Å²) in [6.45, 7) is 10.5. The molecule has 2 aromatic heterocycles. The number of sulfonamides is 1. The van der Waals surface area contributed by atoms with Crippen LogP contribution in [0, 0.1) is 20.8 Å². The van der Waals surface area contributed by atoms with E-state index < -0.39 is 10.0 Å². The molecule has 132 valence electrons. The Bertz CT molecular complexity index is 813. The molecule has 24 heavy (non-hydrogen) atoms. The van der Waals surface area contributed by atoms with Gasteiger partial charge in [-0.3, -0.25) is 0 Å². The highest BCUT2D eigenvalue weighted by Gasteiger charge is 2.18. The Balaban J connectivity index is 1.94. The van der Waals surface area contributed by atoms with E-state index in [2.05, 4.69) is 20.0 Å². The molecule has 0 unspecified atom stereocenters. The fourth-order valence-electron chi connectivity index (χ4n) is 2.27. The third-order valence-corrected chi connectivity index (χ3v) is 6.08. The van der Waals surface area contributed by atoms with Crippen LogP contribution >= 0.6 is 11.3 Å². The third kappa shape index (κ3) is 4.75. The van der Waals surface area contributed by atoms with Crippen molar-refractivity contribution in [3.63, 3.8) is 0 Å². The van der Waals surface area contributed by atoms with Crippen molar-refractivity contribution in [1.82, 2.24) is 14.7 Å². The van der Waals surface area contributed by atoms with Gasteiger partial charge in [0.15, 0.2) is 0 Å². The van der Waals surface area contributed by atoms with Gasteiger partial charge in [-0.1, -0.05) is 13.8 Å². The molecular formula is C16H24N4O2S2. The van der Waals surface area contributed by atoms with Gasteiger partial charge in [-0.2, -0.15) is 0 Å². The fourth-order valence-corrected chi connectivity index (χ4v) is 4.85. The highest BCUT2D eigenvalue weighted by atomic mass is 32.2. The summed E-state index contributed by atoms with van der Waals surface area (Å²) in [5.41, 5.74) is 0.890. The summed E-state index contributed by atoms with van der Waals surface area (Å²) in [5.74, 6) is 1.74. The monoisotopic (exact) mass is 368 g/mol. The average molecular weight is 369 g/mol. The number of nitrogens with zero attached hydrogens (tertiary/aromatic N) is 2. The van der Waals surface area contributed by atoms with Gasteiger partial charge in [0.2, 0.25) is 10.0 Å². The molecule has 2 heterocycles. The van der Waals surface area contributed by atoms with E-state index in [0.717, 1.165) is 21.3 Å². The van der Waals surface area contributed by atoms with Crippen molar-refractivity contribution in [1.29, 1.82) is 0 Å². The first-order chi connectivity index (χ1) is 11.2. The largest absolute Gasteiger partial charge is 0.369 e. The fraction of sp³-hybridized carbons (Fsp3) is 0.500. The molecule has 0 aliphatic rings. The van der Waals surface area contributed by atoms with Crippen LogP contribution in [-0.2, 0) is 10.0 Å². The minimum atomic E-state index is -3.47. The van der Waals surface area contributed by atoms with Crippen LogP contribution in [-0.4, -0.2) is 31.5 Å². The summed E-state index contributed by atoms with van der Waals surface area (Å²) in [7, 11) is -3.47. The molecule has 2 aromatic rings. The maximum Gasteiger partial charge on any atom is 0.241 e. The van der Waals surface area contributed by atoms with Gasteiger partial charge in [-0.25, -0.2) is 23.1 Å². The molecule has 0 spiro atoms. The Morgan fingerprint density at radius 3 is 2.42 bits per heavy atom. The van der Waals surface area contributed by atoms with E-state index in [0.29, 0.717) is 17.3 Å². The first-order valence-corrected chi connectivity index (χ1v) is 10.1. The number of hydrogen-bond acceptors (Lipinski definition) is 6. The molecule has 0 atom stereocenters. The first kappa shape index (κ1) is 18.8. The lowest BCUT2D eigenvalue weighted by Gasteiger charge is -2.11. The highest BCUT2D eigenvalue weighted by molar-refractivity contribution is 7.89. The Labute approximate surface area is 147 Å². The van der Waals surface area contributed by atoms with Gasteiger partial charge in [0.25, 0.3) is 0 Å². The van der Waals surface area contributed by atoms with Crippen molar-refractivity contribution in [2.75, 3.05) is 18.4 Å². The first-order valence-electron chi connectivity index (χ1n) is 7.85. The zero-order valence-corrected chi connectivity index (χ0v) is 16.3. The molecule has 0 aliphatic heterocycles. The predicted octanol–water partition coefficient (Wildman–Crippen LogP) is 2.98. The van der Waals surface area contributed by atoms with Crippen LogP contribution in [0.4, 0.5) is 5.82 Å². The molecule has 0 saturated carbocycles. The summed E-state index contributed by atoms with van der Waals surface area (Å²) < 4.78 is 27.3. The summed E-state index contributed by atoms with van der Waals surface area (Å²) in [6.07, 6.45) is 0. The van der Waals surface area contributed by atoms with Crippen LogP contribution < -0.4 is 10.0 Å². The molecule has 0 bridgehead atoms. The van der Waals surface area contributed by atoms with Crippen molar-refractivity contribution in [2.45, 2.75) is 45.4 Å². The molecule has 0 aromatic carbocycles. The highest BCUT2D eigenvalue weighted by Crippen LogP contribution is 2.24. The summed E-state index contributed by atoms with van der Waals surface area (Å²) in [6, 6.07) is 3.56. The quantitative estimate of drug-likeness (QED) is 0.734. The Hall–Kier alpha value is -1.51. The lowest BCUT2D eigenvalue weighted by Crippen LogP contribution is -2.29. The van der Waals surface area contributed by atoms with Gasteiger partial charge in [0, 0.05) is 40.5 Å². The smallest absolute Gasteiger partial charge is 0.241 e. The number of anilines is 1. The molecule has 0 fully saturated rings. The SMILES string of the molecule is Cc1cc(NCCNS(=O)(=O)c2cc(C)sc2C)nc(C(C)C)n1. The van der Waals surface area contributed by atoms with Crippen molar-refractivity contribution in [3.8, 4) is 0 Å². The maximum atomic E-state index is 12.3. The lowest BCUT2D eigenvalue weighted by atomic mass is 10.2. The second-order valence-electron chi connectivity index (χ2n) is 6.01. The Kier molecular flexibility index (Phi) is 5.95. The Morgan fingerprint density at radius 1 is 1.12 bits per heavy atom. The maximum absolute atomic E-state index is 12.3. The van der Waals surface area contributed by atoms with Crippen molar-refractivity contribution >= 4 is 27.2 Å². The molecule has 2 rings (SSSR count). The van der Waals surface area contributed by atoms with Crippen molar-refractivity contribution in [2.24, 2.45) is 0 Å². The number of aromatic nitrogens is 2. The Morgan fingerprint density at radius 2 is 1.83 bits per heavy atom. The lowest BCUT2D eigenvalue weighted by molar-refractivity contribution is 0.582. The van der Waals surface area contributed by atoms with Gasteiger partial charge >= 0.3 is 0 Å². The van der Waals surface area contributed by atoms with E-state index in [-0.39, 0.29) is 12.5 Å². The third-order valence-electron chi connectivity index (χ3n) is 3.40. The van der Waals surface area contributed by atoms with Gasteiger partial charge in [0.1, 0.15) is 11.6 Å². The summed E-state index contributed by atoms with van der Waals surface area (Å²) in [5, 5.41) is 3.15. The number of rotatable bonds is 7. The molecule has 0 radical (unpaired) electrons. The van der Waals surface area contributed by atoms with Crippen LogP contribution in [0.2, 0.25) is 0 Å². The van der Waals surface area contributed by atoms with E-state index in [9.17, 15) is 8.42 Å². The van der Waals surface area contributed by atoms with Crippen molar-refractivity contribution in [3.05, 3.63) is 33.4 Å². The second kappa shape index (κ2) is 7.58. The minimum Gasteiger partial charge on any atom is -0.369 e. The van der Waals surface area contributed by atoms with Gasteiger partial charge < -0.3 is 5.32 Å². The normalized spacial score (nSPS) is 11.9. The number of thiophene rings is 1. The number of aryl methyl sites for hydroxylation is 3.